The molecule has 0 aliphatic heterocycles. The number of nitriles is 1. The summed E-state index contributed by atoms with van der Waals surface area (Å²) in [6, 6.07) is 2.43. The molecule has 0 aromatic carbocycles. The molecule has 1 atom stereocenters. The zero-order valence-electron chi connectivity index (χ0n) is 11.0. The third-order valence-electron chi connectivity index (χ3n) is 3.07. The van der Waals surface area contributed by atoms with Crippen molar-refractivity contribution >= 4 is 0 Å². The fourth-order valence-corrected chi connectivity index (χ4v) is 1.90. The van der Waals surface area contributed by atoms with Gasteiger partial charge in [0.15, 0.2) is 0 Å². The van der Waals surface area contributed by atoms with Gasteiger partial charge in [0.1, 0.15) is 5.54 Å². The number of ether oxygens (including phenoxy) is 2. The number of hydrogen-bond acceptors (Lipinski definition) is 4. The lowest BCUT2D eigenvalue weighted by atomic mass is 9.96. The second-order valence-corrected chi connectivity index (χ2v) is 4.53. The Hall–Kier alpha value is -0.630. The van der Waals surface area contributed by atoms with Crippen molar-refractivity contribution in [3.05, 3.63) is 0 Å². The van der Waals surface area contributed by atoms with Crippen LogP contribution in [0.4, 0.5) is 0 Å². The minimum absolute atomic E-state index is 0.464. The van der Waals surface area contributed by atoms with E-state index in [0.29, 0.717) is 32.3 Å². The topological polar surface area (TPSA) is 54.3 Å². The SMILES string of the molecule is CCCNC(C#N)(COCCOCC)C1CC1. The minimum atomic E-state index is -0.470. The van der Waals surface area contributed by atoms with Crippen LogP contribution in [0.15, 0.2) is 0 Å². The molecular formula is C13H24N2O2. The van der Waals surface area contributed by atoms with Crippen molar-refractivity contribution in [2.75, 3.05) is 33.0 Å². The quantitative estimate of drug-likeness (QED) is 0.591. The van der Waals surface area contributed by atoms with Crippen molar-refractivity contribution < 1.29 is 9.47 Å². The van der Waals surface area contributed by atoms with E-state index in [2.05, 4.69) is 18.3 Å². The summed E-state index contributed by atoms with van der Waals surface area (Å²) in [4.78, 5) is 0. The Labute approximate surface area is 104 Å². The van der Waals surface area contributed by atoms with Crippen LogP contribution in [-0.4, -0.2) is 38.5 Å². The lowest BCUT2D eigenvalue weighted by molar-refractivity contribution is 0.0291. The molecule has 4 nitrogen and oxygen atoms in total. The first kappa shape index (κ1) is 14.4. The van der Waals surface area contributed by atoms with Gasteiger partial charge < -0.3 is 9.47 Å². The van der Waals surface area contributed by atoms with E-state index in [1.165, 1.54) is 0 Å². The van der Waals surface area contributed by atoms with Crippen molar-refractivity contribution in [1.82, 2.24) is 5.32 Å². The number of nitrogens with zero attached hydrogens (tertiary/aromatic N) is 1. The van der Waals surface area contributed by atoms with Crippen LogP contribution in [0.25, 0.3) is 0 Å². The number of hydrogen-bond donors (Lipinski definition) is 1. The van der Waals surface area contributed by atoms with E-state index in [1.54, 1.807) is 0 Å². The van der Waals surface area contributed by atoms with Gasteiger partial charge in [0.25, 0.3) is 0 Å². The highest BCUT2D eigenvalue weighted by Crippen LogP contribution is 2.39. The van der Waals surface area contributed by atoms with Crippen molar-refractivity contribution in [2.24, 2.45) is 5.92 Å². The Balaban J connectivity index is 2.32. The van der Waals surface area contributed by atoms with Gasteiger partial charge in [0.05, 0.1) is 25.9 Å². The zero-order valence-corrected chi connectivity index (χ0v) is 11.0. The van der Waals surface area contributed by atoms with Crippen molar-refractivity contribution in [1.29, 1.82) is 5.26 Å². The van der Waals surface area contributed by atoms with Crippen LogP contribution in [0.1, 0.15) is 33.1 Å². The van der Waals surface area contributed by atoms with Crippen molar-refractivity contribution in [3.8, 4) is 6.07 Å². The molecule has 1 fully saturated rings. The summed E-state index contributed by atoms with van der Waals surface area (Å²) in [6.07, 6.45) is 3.31. The molecule has 98 valence electrons. The zero-order chi connectivity index (χ0) is 12.6. The van der Waals surface area contributed by atoms with E-state index in [1.807, 2.05) is 6.92 Å². The molecule has 0 spiro atoms. The summed E-state index contributed by atoms with van der Waals surface area (Å²) in [5, 5.41) is 12.8. The highest BCUT2D eigenvalue weighted by atomic mass is 16.5. The lowest BCUT2D eigenvalue weighted by Crippen LogP contribution is -2.50. The van der Waals surface area contributed by atoms with Gasteiger partial charge in [-0.05, 0) is 38.6 Å². The first-order valence-electron chi connectivity index (χ1n) is 6.60. The van der Waals surface area contributed by atoms with Gasteiger partial charge >= 0.3 is 0 Å². The second kappa shape index (κ2) is 7.65. The van der Waals surface area contributed by atoms with Crippen molar-refractivity contribution in [3.63, 3.8) is 0 Å². The summed E-state index contributed by atoms with van der Waals surface area (Å²) < 4.78 is 10.8. The summed E-state index contributed by atoms with van der Waals surface area (Å²) in [7, 11) is 0. The van der Waals surface area contributed by atoms with Gasteiger partial charge in [-0.15, -0.1) is 0 Å². The molecular weight excluding hydrogens is 216 g/mol. The molecule has 4 heteroatoms. The maximum absolute atomic E-state index is 9.39. The summed E-state index contributed by atoms with van der Waals surface area (Å²) in [5.74, 6) is 0.464. The van der Waals surface area contributed by atoms with E-state index in [9.17, 15) is 5.26 Å². The van der Waals surface area contributed by atoms with Crippen LogP contribution in [0.3, 0.4) is 0 Å². The molecule has 1 aliphatic rings. The maximum Gasteiger partial charge on any atom is 0.133 e. The highest BCUT2D eigenvalue weighted by Gasteiger charge is 2.45. The van der Waals surface area contributed by atoms with E-state index in [-0.39, 0.29) is 0 Å². The van der Waals surface area contributed by atoms with Crippen LogP contribution in [-0.2, 0) is 9.47 Å². The molecule has 17 heavy (non-hydrogen) atoms. The molecule has 0 saturated heterocycles. The van der Waals surface area contributed by atoms with Crippen LogP contribution < -0.4 is 5.32 Å². The van der Waals surface area contributed by atoms with E-state index < -0.39 is 5.54 Å². The average Bonchev–Trinajstić information content (AvgIpc) is 3.18. The molecule has 0 aromatic rings. The summed E-state index contributed by atoms with van der Waals surface area (Å²) in [5.41, 5.74) is -0.470. The molecule has 0 heterocycles. The molecule has 1 saturated carbocycles. The monoisotopic (exact) mass is 240 g/mol. The predicted octanol–water partition coefficient (Wildman–Crippen LogP) is 1.71. The van der Waals surface area contributed by atoms with Crippen LogP contribution in [0.2, 0.25) is 0 Å². The Morgan fingerprint density at radius 1 is 1.29 bits per heavy atom. The fourth-order valence-electron chi connectivity index (χ4n) is 1.90. The van der Waals surface area contributed by atoms with Gasteiger partial charge in [0, 0.05) is 6.61 Å². The van der Waals surface area contributed by atoms with Gasteiger partial charge in [-0.25, -0.2) is 0 Å². The third kappa shape index (κ3) is 4.63. The van der Waals surface area contributed by atoms with Crippen molar-refractivity contribution in [2.45, 2.75) is 38.6 Å². The largest absolute Gasteiger partial charge is 0.379 e. The van der Waals surface area contributed by atoms with Crippen LogP contribution in [0.5, 0.6) is 0 Å². The van der Waals surface area contributed by atoms with Gasteiger partial charge in [-0.3, -0.25) is 5.32 Å². The molecule has 1 unspecified atom stereocenters. The molecule has 0 aromatic heterocycles. The van der Waals surface area contributed by atoms with Crippen LogP contribution >= 0.6 is 0 Å². The number of rotatable bonds is 10. The Bertz CT molecular complexity index is 248. The maximum atomic E-state index is 9.39. The molecule has 0 radical (unpaired) electrons. The third-order valence-corrected chi connectivity index (χ3v) is 3.07. The molecule has 1 N–H and O–H groups in total. The first-order chi connectivity index (χ1) is 8.29. The average molecular weight is 240 g/mol. The predicted molar refractivity (Wildman–Crippen MR) is 66.7 cm³/mol. The molecule has 1 rings (SSSR count). The molecule has 1 aliphatic carbocycles. The Kier molecular flexibility index (Phi) is 6.49. The van der Waals surface area contributed by atoms with E-state index in [4.69, 9.17) is 9.47 Å². The highest BCUT2D eigenvalue weighted by molar-refractivity contribution is 5.15. The van der Waals surface area contributed by atoms with Gasteiger partial charge in [-0.2, -0.15) is 5.26 Å². The molecule has 0 amide bonds. The Morgan fingerprint density at radius 3 is 2.53 bits per heavy atom. The van der Waals surface area contributed by atoms with Crippen LogP contribution in [0, 0.1) is 17.2 Å². The smallest absolute Gasteiger partial charge is 0.133 e. The number of nitrogens with one attached hydrogen (secondary N) is 1. The molecule has 0 bridgehead atoms. The normalized spacial score (nSPS) is 18.6. The Morgan fingerprint density at radius 2 is 2.00 bits per heavy atom. The second-order valence-electron chi connectivity index (χ2n) is 4.53. The summed E-state index contributed by atoms with van der Waals surface area (Å²) >= 11 is 0. The van der Waals surface area contributed by atoms with E-state index >= 15 is 0 Å². The summed E-state index contributed by atoms with van der Waals surface area (Å²) in [6.45, 7) is 7.31. The standard InChI is InChI=1S/C13H24N2O2/c1-3-7-15-13(10-14,12-5-6-12)11-17-9-8-16-4-2/h12,15H,3-9,11H2,1-2H3. The minimum Gasteiger partial charge on any atom is -0.379 e. The first-order valence-corrected chi connectivity index (χ1v) is 6.60. The van der Waals surface area contributed by atoms with E-state index in [0.717, 1.165) is 25.8 Å². The van der Waals surface area contributed by atoms with Gasteiger partial charge in [-0.1, -0.05) is 6.92 Å². The van der Waals surface area contributed by atoms with Gasteiger partial charge in [0.2, 0.25) is 0 Å². The lowest BCUT2D eigenvalue weighted by Gasteiger charge is -2.27. The fraction of sp³-hybridized carbons (Fsp3) is 0.923.